The second-order valence-corrected chi connectivity index (χ2v) is 6.22. The van der Waals surface area contributed by atoms with Crippen LogP contribution in [-0.4, -0.2) is 22.6 Å². The Labute approximate surface area is 129 Å². The lowest BCUT2D eigenvalue weighted by Gasteiger charge is -2.23. The van der Waals surface area contributed by atoms with Gasteiger partial charge in [0.25, 0.3) is 0 Å². The molecule has 0 aliphatic heterocycles. The van der Waals surface area contributed by atoms with Crippen molar-refractivity contribution in [1.82, 2.24) is 9.97 Å². The smallest absolute Gasteiger partial charge is 0.134 e. The zero-order chi connectivity index (χ0) is 15.2. The van der Waals surface area contributed by atoms with Gasteiger partial charge < -0.3 is 10.6 Å². The van der Waals surface area contributed by atoms with Gasteiger partial charge in [0.05, 0.1) is 0 Å². The highest BCUT2D eigenvalue weighted by Gasteiger charge is 2.22. The molecule has 4 nitrogen and oxygen atoms in total. The van der Waals surface area contributed by atoms with E-state index in [-0.39, 0.29) is 0 Å². The summed E-state index contributed by atoms with van der Waals surface area (Å²) in [5, 5.41) is 7.08. The number of nitrogens with one attached hydrogen (secondary N) is 2. The van der Waals surface area contributed by atoms with Crippen molar-refractivity contribution in [2.75, 3.05) is 17.2 Å². The van der Waals surface area contributed by atoms with Crippen LogP contribution in [0, 0.1) is 12.8 Å². The van der Waals surface area contributed by atoms with Gasteiger partial charge in [-0.25, -0.2) is 9.97 Å². The van der Waals surface area contributed by atoms with Gasteiger partial charge in [-0.05, 0) is 39.0 Å². The minimum atomic E-state index is 0.491. The zero-order valence-corrected chi connectivity index (χ0v) is 14.0. The van der Waals surface area contributed by atoms with Crippen LogP contribution < -0.4 is 10.6 Å². The third-order valence-electron chi connectivity index (χ3n) is 4.52. The predicted molar refractivity (Wildman–Crippen MR) is 90.0 cm³/mol. The molecule has 0 amide bonds. The second kappa shape index (κ2) is 7.62. The lowest BCUT2D eigenvalue weighted by Crippen LogP contribution is -2.25. The molecule has 1 fully saturated rings. The first-order valence-electron chi connectivity index (χ1n) is 8.53. The highest BCUT2D eigenvalue weighted by molar-refractivity contribution is 5.57. The van der Waals surface area contributed by atoms with E-state index in [2.05, 4.69) is 43.3 Å². The van der Waals surface area contributed by atoms with Crippen LogP contribution in [0.1, 0.15) is 64.3 Å². The molecule has 0 bridgehead atoms. The third-order valence-corrected chi connectivity index (χ3v) is 4.52. The first-order chi connectivity index (χ1) is 10.2. The number of rotatable bonds is 7. The molecule has 1 unspecified atom stereocenters. The quantitative estimate of drug-likeness (QED) is 0.791. The fourth-order valence-electron chi connectivity index (χ4n) is 3.07. The van der Waals surface area contributed by atoms with E-state index in [1.807, 2.05) is 0 Å². The zero-order valence-electron chi connectivity index (χ0n) is 14.0. The van der Waals surface area contributed by atoms with Crippen molar-refractivity contribution < 1.29 is 0 Å². The van der Waals surface area contributed by atoms with Gasteiger partial charge in [0.15, 0.2) is 0 Å². The highest BCUT2D eigenvalue weighted by Crippen LogP contribution is 2.30. The van der Waals surface area contributed by atoms with Crippen LogP contribution in [0.5, 0.6) is 0 Å². The molecule has 0 spiro atoms. The number of hydrogen-bond donors (Lipinski definition) is 2. The molecule has 118 valence electrons. The van der Waals surface area contributed by atoms with Crippen LogP contribution in [0.3, 0.4) is 0 Å². The van der Waals surface area contributed by atoms with E-state index in [1.165, 1.54) is 25.7 Å². The molecule has 1 aromatic rings. The molecule has 0 saturated heterocycles. The average Bonchev–Trinajstić information content (AvgIpc) is 3.02. The van der Waals surface area contributed by atoms with Crippen LogP contribution in [0.2, 0.25) is 0 Å². The van der Waals surface area contributed by atoms with E-state index in [1.54, 1.807) is 0 Å². The summed E-state index contributed by atoms with van der Waals surface area (Å²) in [4.78, 5) is 9.34. The molecule has 1 aliphatic rings. The summed E-state index contributed by atoms with van der Waals surface area (Å²) >= 11 is 0. The maximum absolute atomic E-state index is 4.71. The molecule has 0 aromatic carbocycles. The summed E-state index contributed by atoms with van der Waals surface area (Å²) in [6.45, 7) is 9.64. The first-order valence-corrected chi connectivity index (χ1v) is 8.53. The fraction of sp³-hybridized carbons (Fsp3) is 0.765. The van der Waals surface area contributed by atoms with Crippen molar-refractivity contribution in [2.45, 2.75) is 72.3 Å². The molecule has 0 radical (unpaired) electrons. The molecule has 1 saturated carbocycles. The van der Waals surface area contributed by atoms with Crippen LogP contribution >= 0.6 is 0 Å². The number of anilines is 2. The van der Waals surface area contributed by atoms with Crippen LogP contribution in [0.4, 0.5) is 11.6 Å². The molecule has 2 N–H and O–H groups in total. The third kappa shape index (κ3) is 4.08. The van der Waals surface area contributed by atoms with Crippen molar-refractivity contribution in [2.24, 2.45) is 5.92 Å². The van der Waals surface area contributed by atoms with Gasteiger partial charge in [-0.15, -0.1) is 0 Å². The Balaban J connectivity index is 2.16. The summed E-state index contributed by atoms with van der Waals surface area (Å²) in [5.74, 6) is 3.71. The van der Waals surface area contributed by atoms with Crippen LogP contribution in [-0.2, 0) is 6.42 Å². The molecular formula is C17H30N4. The fourth-order valence-corrected chi connectivity index (χ4v) is 3.07. The Morgan fingerprint density at radius 3 is 2.43 bits per heavy atom. The van der Waals surface area contributed by atoms with Gasteiger partial charge >= 0.3 is 0 Å². The minimum absolute atomic E-state index is 0.491. The Morgan fingerprint density at radius 1 is 1.14 bits per heavy atom. The van der Waals surface area contributed by atoms with Crippen LogP contribution in [0.15, 0.2) is 0 Å². The summed E-state index contributed by atoms with van der Waals surface area (Å²) in [7, 11) is 0. The minimum Gasteiger partial charge on any atom is -0.370 e. The van der Waals surface area contributed by atoms with E-state index in [0.29, 0.717) is 6.04 Å². The number of aromatic nitrogens is 2. The monoisotopic (exact) mass is 290 g/mol. The molecular weight excluding hydrogens is 260 g/mol. The Hall–Kier alpha value is -1.32. The summed E-state index contributed by atoms with van der Waals surface area (Å²) < 4.78 is 0. The molecule has 21 heavy (non-hydrogen) atoms. The SMILES string of the molecule is CCCNc1nc(CC)nc(NC(C)C2CCCC2)c1C. The van der Waals surface area contributed by atoms with Crippen LogP contribution in [0.25, 0.3) is 0 Å². The van der Waals surface area contributed by atoms with Gasteiger partial charge in [0.2, 0.25) is 0 Å². The van der Waals surface area contributed by atoms with E-state index < -0.39 is 0 Å². The van der Waals surface area contributed by atoms with Gasteiger partial charge in [-0.3, -0.25) is 0 Å². The van der Waals surface area contributed by atoms with Crippen molar-refractivity contribution >= 4 is 11.6 Å². The summed E-state index contributed by atoms with van der Waals surface area (Å²) in [6, 6.07) is 0.491. The van der Waals surface area contributed by atoms with Gasteiger partial charge in [-0.1, -0.05) is 26.7 Å². The van der Waals surface area contributed by atoms with Gasteiger partial charge in [0, 0.05) is 24.6 Å². The normalized spacial score (nSPS) is 17.0. The lowest BCUT2D eigenvalue weighted by atomic mass is 10.00. The topological polar surface area (TPSA) is 49.8 Å². The second-order valence-electron chi connectivity index (χ2n) is 6.22. The largest absolute Gasteiger partial charge is 0.370 e. The predicted octanol–water partition coefficient (Wildman–Crippen LogP) is 4.16. The number of hydrogen-bond acceptors (Lipinski definition) is 4. The average molecular weight is 290 g/mol. The molecule has 2 rings (SSSR count). The lowest BCUT2D eigenvalue weighted by molar-refractivity contribution is 0.480. The summed E-state index contributed by atoms with van der Waals surface area (Å²) in [5.41, 5.74) is 1.14. The molecule has 1 heterocycles. The highest BCUT2D eigenvalue weighted by atomic mass is 15.1. The maximum Gasteiger partial charge on any atom is 0.134 e. The van der Waals surface area contributed by atoms with E-state index >= 15 is 0 Å². The van der Waals surface area contributed by atoms with Gasteiger partial charge in [0.1, 0.15) is 17.5 Å². The Bertz CT molecular complexity index is 452. The maximum atomic E-state index is 4.71. The molecule has 4 heteroatoms. The Morgan fingerprint density at radius 2 is 1.81 bits per heavy atom. The molecule has 1 aromatic heterocycles. The summed E-state index contributed by atoms with van der Waals surface area (Å²) in [6.07, 6.45) is 7.42. The molecule has 1 aliphatic carbocycles. The first kappa shape index (κ1) is 16.1. The van der Waals surface area contributed by atoms with Crippen molar-refractivity contribution in [3.05, 3.63) is 11.4 Å². The standard InChI is InChI=1S/C17H30N4/c1-5-11-18-16-12(3)17(21-15(6-2)20-16)19-13(4)14-9-7-8-10-14/h13-14H,5-11H2,1-4H3,(H2,18,19,20,21). The van der Waals surface area contributed by atoms with E-state index in [0.717, 1.165) is 48.3 Å². The van der Waals surface area contributed by atoms with Crippen molar-refractivity contribution in [3.63, 3.8) is 0 Å². The van der Waals surface area contributed by atoms with Crippen molar-refractivity contribution in [1.29, 1.82) is 0 Å². The van der Waals surface area contributed by atoms with E-state index in [4.69, 9.17) is 4.98 Å². The van der Waals surface area contributed by atoms with Gasteiger partial charge in [-0.2, -0.15) is 0 Å². The van der Waals surface area contributed by atoms with Crippen molar-refractivity contribution in [3.8, 4) is 0 Å². The number of aryl methyl sites for hydroxylation is 1. The number of nitrogens with zero attached hydrogens (tertiary/aromatic N) is 2. The van der Waals surface area contributed by atoms with E-state index in [9.17, 15) is 0 Å². The Kier molecular flexibility index (Phi) is 5.83. The molecule has 1 atom stereocenters.